The van der Waals surface area contributed by atoms with Crippen molar-refractivity contribution in [2.75, 3.05) is 17.3 Å². The number of halogens is 1. The molecule has 0 aliphatic carbocycles. The molecule has 9 heteroatoms. The highest BCUT2D eigenvalue weighted by Crippen LogP contribution is 2.30. The van der Waals surface area contributed by atoms with E-state index in [9.17, 15) is 4.39 Å². The lowest BCUT2D eigenvalue weighted by Gasteiger charge is -2.09. The number of hydrogen-bond donors (Lipinski definition) is 2. The molecule has 0 fully saturated rings. The molecule has 0 aliphatic rings. The quantitative estimate of drug-likeness (QED) is 0.405. The largest absolute Gasteiger partial charge is 0.382 e. The summed E-state index contributed by atoms with van der Waals surface area (Å²) in [5, 5.41) is 8.14. The van der Waals surface area contributed by atoms with Gasteiger partial charge in [-0.3, -0.25) is 0 Å². The molecule has 4 rings (SSSR count). The number of nitrogens with zero attached hydrogens (tertiary/aromatic N) is 5. The molecule has 136 valence electrons. The number of nitrogens with two attached hydrogens (primary N) is 1. The fourth-order valence-corrected chi connectivity index (χ4v) is 3.06. The number of hydrogen-bond acceptors (Lipinski definition) is 7. The molecule has 3 aromatic heterocycles. The second-order valence-electron chi connectivity index (χ2n) is 5.75. The maximum Gasteiger partial charge on any atom is 0.189 e. The highest BCUT2D eigenvalue weighted by molar-refractivity contribution is 7.98. The first-order valence-electron chi connectivity index (χ1n) is 8.14. The summed E-state index contributed by atoms with van der Waals surface area (Å²) in [6.45, 7) is 0.507. The third kappa shape index (κ3) is 3.54. The zero-order valence-electron chi connectivity index (χ0n) is 14.4. The van der Waals surface area contributed by atoms with Gasteiger partial charge in [0.1, 0.15) is 11.6 Å². The highest BCUT2D eigenvalue weighted by atomic mass is 32.2. The van der Waals surface area contributed by atoms with Gasteiger partial charge < -0.3 is 11.1 Å². The second-order valence-corrected chi connectivity index (χ2v) is 6.53. The number of nitrogens with one attached hydrogen (secondary N) is 1. The van der Waals surface area contributed by atoms with E-state index in [2.05, 4.69) is 25.4 Å². The number of fused-ring (bicyclic) bond motifs is 1. The zero-order chi connectivity index (χ0) is 18.8. The second kappa shape index (κ2) is 7.20. The Balaban J connectivity index is 1.70. The number of benzene rings is 1. The van der Waals surface area contributed by atoms with Gasteiger partial charge in [-0.2, -0.15) is 0 Å². The van der Waals surface area contributed by atoms with Crippen LogP contribution in [0.5, 0.6) is 0 Å². The van der Waals surface area contributed by atoms with Gasteiger partial charge >= 0.3 is 0 Å². The maximum atomic E-state index is 13.1. The maximum absolute atomic E-state index is 13.1. The Hall–Kier alpha value is -3.20. The van der Waals surface area contributed by atoms with Crippen molar-refractivity contribution < 1.29 is 4.39 Å². The van der Waals surface area contributed by atoms with Crippen LogP contribution in [0.4, 0.5) is 16.0 Å². The van der Waals surface area contributed by atoms with Gasteiger partial charge in [-0.15, -0.1) is 5.10 Å². The van der Waals surface area contributed by atoms with Crippen LogP contribution >= 0.6 is 11.8 Å². The molecule has 0 unspecified atom stereocenters. The van der Waals surface area contributed by atoms with E-state index >= 15 is 0 Å². The van der Waals surface area contributed by atoms with Gasteiger partial charge in [-0.25, -0.2) is 23.9 Å². The van der Waals surface area contributed by atoms with E-state index < -0.39 is 0 Å². The Morgan fingerprint density at radius 2 is 2.04 bits per heavy atom. The molecular formula is C18H16FN7S. The van der Waals surface area contributed by atoms with Gasteiger partial charge in [0.05, 0.1) is 11.3 Å². The summed E-state index contributed by atoms with van der Waals surface area (Å²) in [5.74, 6) is 0.732. The zero-order valence-corrected chi connectivity index (χ0v) is 15.2. The first-order chi connectivity index (χ1) is 13.1. The first kappa shape index (κ1) is 17.2. The van der Waals surface area contributed by atoms with Gasteiger partial charge in [0.2, 0.25) is 0 Å². The lowest BCUT2D eigenvalue weighted by Crippen LogP contribution is -2.04. The lowest BCUT2D eigenvalue weighted by atomic mass is 10.2. The Morgan fingerprint density at radius 3 is 2.81 bits per heavy atom. The van der Waals surface area contributed by atoms with Gasteiger partial charge in [0.25, 0.3) is 0 Å². The molecule has 4 aromatic rings. The molecule has 3 N–H and O–H groups in total. The molecular weight excluding hydrogens is 365 g/mol. The predicted octanol–water partition coefficient (Wildman–Crippen LogP) is 3.24. The van der Waals surface area contributed by atoms with Crippen molar-refractivity contribution in [1.82, 2.24) is 24.6 Å². The van der Waals surface area contributed by atoms with Crippen molar-refractivity contribution >= 4 is 29.0 Å². The Bertz CT molecular complexity index is 1090. The minimum Gasteiger partial charge on any atom is -0.382 e. The van der Waals surface area contributed by atoms with Crippen LogP contribution in [0.2, 0.25) is 0 Å². The van der Waals surface area contributed by atoms with E-state index in [4.69, 9.17) is 5.73 Å². The molecule has 0 saturated heterocycles. The number of anilines is 2. The predicted molar refractivity (Wildman–Crippen MR) is 104 cm³/mol. The third-order valence-electron chi connectivity index (χ3n) is 3.95. The number of rotatable bonds is 5. The highest BCUT2D eigenvalue weighted by Gasteiger charge is 2.17. The van der Waals surface area contributed by atoms with Crippen molar-refractivity contribution in [2.45, 2.75) is 11.7 Å². The smallest absolute Gasteiger partial charge is 0.189 e. The van der Waals surface area contributed by atoms with Crippen LogP contribution in [0.1, 0.15) is 5.56 Å². The van der Waals surface area contributed by atoms with Crippen LogP contribution in [0.3, 0.4) is 0 Å². The summed E-state index contributed by atoms with van der Waals surface area (Å²) >= 11 is 1.43. The van der Waals surface area contributed by atoms with E-state index in [0.717, 1.165) is 5.56 Å². The molecule has 0 bridgehead atoms. The van der Waals surface area contributed by atoms with E-state index in [1.807, 2.05) is 12.3 Å². The molecule has 0 saturated carbocycles. The molecule has 0 amide bonds. The van der Waals surface area contributed by atoms with Crippen LogP contribution in [0.15, 0.2) is 53.9 Å². The SMILES string of the molecule is CSc1nc(NCc2ccc(F)cc2)cc(-c2c(N)nn3cccnc23)n1. The first-order valence-corrected chi connectivity index (χ1v) is 9.37. The number of aromatic nitrogens is 5. The van der Waals surface area contributed by atoms with Crippen molar-refractivity contribution in [3.8, 4) is 11.3 Å². The van der Waals surface area contributed by atoms with Crippen molar-refractivity contribution in [2.24, 2.45) is 0 Å². The normalized spacial score (nSPS) is 11.0. The Labute approximate surface area is 158 Å². The molecule has 1 aromatic carbocycles. The van der Waals surface area contributed by atoms with Crippen LogP contribution in [-0.2, 0) is 6.54 Å². The number of thioether (sulfide) groups is 1. The molecule has 0 spiro atoms. The minimum atomic E-state index is -0.260. The van der Waals surface area contributed by atoms with E-state index in [0.29, 0.717) is 40.2 Å². The minimum absolute atomic E-state index is 0.260. The molecule has 3 heterocycles. The fraction of sp³-hybridized carbons (Fsp3) is 0.111. The molecule has 0 radical (unpaired) electrons. The summed E-state index contributed by atoms with van der Waals surface area (Å²) in [6, 6.07) is 9.92. The molecule has 0 aliphatic heterocycles. The van der Waals surface area contributed by atoms with Crippen molar-refractivity contribution in [3.63, 3.8) is 0 Å². The Morgan fingerprint density at radius 1 is 1.22 bits per heavy atom. The van der Waals surface area contributed by atoms with Crippen molar-refractivity contribution in [1.29, 1.82) is 0 Å². The summed E-state index contributed by atoms with van der Waals surface area (Å²) in [7, 11) is 0. The molecule has 0 atom stereocenters. The van der Waals surface area contributed by atoms with Gasteiger partial charge in [-0.05, 0) is 30.0 Å². The number of nitrogen functional groups attached to an aromatic ring is 1. The van der Waals surface area contributed by atoms with Gasteiger partial charge in [0.15, 0.2) is 16.6 Å². The fourth-order valence-electron chi connectivity index (χ4n) is 2.68. The molecule has 7 nitrogen and oxygen atoms in total. The Kier molecular flexibility index (Phi) is 4.59. The third-order valence-corrected chi connectivity index (χ3v) is 4.50. The summed E-state index contributed by atoms with van der Waals surface area (Å²) < 4.78 is 14.7. The van der Waals surface area contributed by atoms with E-state index in [1.54, 1.807) is 35.1 Å². The van der Waals surface area contributed by atoms with Gasteiger partial charge in [-0.1, -0.05) is 23.9 Å². The van der Waals surface area contributed by atoms with E-state index in [1.165, 1.54) is 23.9 Å². The van der Waals surface area contributed by atoms with Crippen LogP contribution in [0, 0.1) is 5.82 Å². The summed E-state index contributed by atoms with van der Waals surface area (Å²) in [4.78, 5) is 13.4. The van der Waals surface area contributed by atoms with E-state index in [-0.39, 0.29) is 5.82 Å². The average Bonchev–Trinajstić information content (AvgIpc) is 3.03. The van der Waals surface area contributed by atoms with Gasteiger partial charge in [0, 0.05) is 25.0 Å². The summed E-state index contributed by atoms with van der Waals surface area (Å²) in [5.41, 5.74) is 8.99. The molecule has 27 heavy (non-hydrogen) atoms. The monoisotopic (exact) mass is 381 g/mol. The van der Waals surface area contributed by atoms with Crippen molar-refractivity contribution in [3.05, 3.63) is 60.2 Å². The average molecular weight is 381 g/mol. The lowest BCUT2D eigenvalue weighted by molar-refractivity contribution is 0.627. The van der Waals surface area contributed by atoms with Crippen LogP contribution in [0.25, 0.3) is 16.9 Å². The standard InChI is InChI=1S/C18H16FN7S/c1-27-18-23-13(15-16(20)25-26-8-2-7-21-17(15)26)9-14(24-18)22-10-11-3-5-12(19)6-4-11/h2-9H,10H2,1H3,(H2,20,25)(H,22,23,24). The summed E-state index contributed by atoms with van der Waals surface area (Å²) in [6.07, 6.45) is 5.37. The topological polar surface area (TPSA) is 94.0 Å². The van der Waals surface area contributed by atoms with Crippen LogP contribution in [-0.4, -0.2) is 30.8 Å². The van der Waals surface area contributed by atoms with Crippen LogP contribution < -0.4 is 11.1 Å².